The zero-order valence-corrected chi connectivity index (χ0v) is 9.14. The third kappa shape index (κ3) is 2.21. The van der Waals surface area contributed by atoms with Gasteiger partial charge in [0.15, 0.2) is 0 Å². The van der Waals surface area contributed by atoms with Crippen molar-refractivity contribution in [2.45, 2.75) is 19.4 Å². The molecule has 0 spiro atoms. The number of benzene rings is 1. The minimum Gasteiger partial charge on any atom is -0.351 e. The van der Waals surface area contributed by atoms with Crippen molar-refractivity contribution in [3.05, 3.63) is 30.3 Å². The van der Waals surface area contributed by atoms with Gasteiger partial charge in [-0.05, 0) is 12.1 Å². The summed E-state index contributed by atoms with van der Waals surface area (Å²) in [5, 5.41) is 2.77. The van der Waals surface area contributed by atoms with Crippen LogP contribution in [0.1, 0.15) is 13.3 Å². The molecule has 1 aliphatic heterocycles. The van der Waals surface area contributed by atoms with Crippen molar-refractivity contribution in [3.63, 3.8) is 0 Å². The summed E-state index contributed by atoms with van der Waals surface area (Å²) in [5.41, 5.74) is 0.889. The monoisotopic (exact) mass is 218 g/mol. The molecular weight excluding hydrogens is 204 g/mol. The van der Waals surface area contributed by atoms with Gasteiger partial charge in [0.2, 0.25) is 11.8 Å². The molecule has 0 saturated carbocycles. The second-order valence-electron chi connectivity index (χ2n) is 3.94. The topological polar surface area (TPSA) is 49.4 Å². The number of hydrogen-bond donors (Lipinski definition) is 1. The number of amides is 2. The van der Waals surface area contributed by atoms with E-state index in [4.69, 9.17) is 0 Å². The SMILES string of the molecule is CC(=O)N[C@@H]1CC(=O)N(c2ccccc2)C1. The Morgan fingerprint density at radius 1 is 1.38 bits per heavy atom. The predicted octanol–water partition coefficient (Wildman–Crippen LogP) is 0.928. The fourth-order valence-corrected chi connectivity index (χ4v) is 1.95. The van der Waals surface area contributed by atoms with Gasteiger partial charge in [0.05, 0.1) is 6.04 Å². The molecule has 1 aromatic carbocycles. The number of rotatable bonds is 2. The predicted molar refractivity (Wildman–Crippen MR) is 61.0 cm³/mol. The van der Waals surface area contributed by atoms with Gasteiger partial charge in [0.1, 0.15) is 0 Å². The summed E-state index contributed by atoms with van der Waals surface area (Å²) in [4.78, 5) is 24.4. The van der Waals surface area contributed by atoms with Gasteiger partial charge in [-0.1, -0.05) is 18.2 Å². The largest absolute Gasteiger partial charge is 0.351 e. The molecule has 1 saturated heterocycles. The number of nitrogens with one attached hydrogen (secondary N) is 1. The molecule has 0 aromatic heterocycles. The van der Waals surface area contributed by atoms with Crippen molar-refractivity contribution in [2.75, 3.05) is 11.4 Å². The molecule has 0 unspecified atom stereocenters. The Bertz CT molecular complexity index is 403. The summed E-state index contributed by atoms with van der Waals surface area (Å²) < 4.78 is 0. The third-order valence-electron chi connectivity index (χ3n) is 2.60. The molecule has 1 N–H and O–H groups in total. The van der Waals surface area contributed by atoms with Crippen LogP contribution in [0.5, 0.6) is 0 Å². The molecule has 16 heavy (non-hydrogen) atoms. The lowest BCUT2D eigenvalue weighted by atomic mass is 10.2. The van der Waals surface area contributed by atoms with Crippen LogP contribution in [0.3, 0.4) is 0 Å². The Kier molecular flexibility index (Phi) is 2.90. The van der Waals surface area contributed by atoms with Crippen molar-refractivity contribution in [2.24, 2.45) is 0 Å². The highest BCUT2D eigenvalue weighted by Gasteiger charge is 2.30. The lowest BCUT2D eigenvalue weighted by molar-refractivity contribution is -0.119. The molecule has 2 amide bonds. The second kappa shape index (κ2) is 4.35. The molecule has 1 atom stereocenters. The van der Waals surface area contributed by atoms with E-state index in [0.29, 0.717) is 13.0 Å². The van der Waals surface area contributed by atoms with Crippen LogP contribution in [0.15, 0.2) is 30.3 Å². The molecule has 0 bridgehead atoms. The average molecular weight is 218 g/mol. The number of carbonyl (C=O) groups excluding carboxylic acids is 2. The Morgan fingerprint density at radius 2 is 2.06 bits per heavy atom. The normalized spacial score (nSPS) is 19.9. The first-order valence-corrected chi connectivity index (χ1v) is 5.29. The summed E-state index contributed by atoms with van der Waals surface area (Å²) in [6.45, 7) is 2.03. The van der Waals surface area contributed by atoms with Crippen LogP contribution in [-0.4, -0.2) is 24.4 Å². The molecule has 1 fully saturated rings. The lowest BCUT2D eigenvalue weighted by Gasteiger charge is -2.16. The summed E-state index contributed by atoms with van der Waals surface area (Å²) in [6.07, 6.45) is 0.383. The van der Waals surface area contributed by atoms with E-state index in [9.17, 15) is 9.59 Å². The Hall–Kier alpha value is -1.84. The molecule has 1 aromatic rings. The van der Waals surface area contributed by atoms with Gasteiger partial charge < -0.3 is 10.2 Å². The molecule has 84 valence electrons. The molecule has 1 aliphatic rings. The fraction of sp³-hybridized carbons (Fsp3) is 0.333. The molecule has 0 radical (unpaired) electrons. The zero-order valence-electron chi connectivity index (χ0n) is 9.14. The third-order valence-corrected chi connectivity index (χ3v) is 2.60. The number of para-hydroxylation sites is 1. The molecule has 4 nitrogen and oxygen atoms in total. The van der Waals surface area contributed by atoms with E-state index in [1.807, 2.05) is 30.3 Å². The van der Waals surface area contributed by atoms with Crippen LogP contribution in [-0.2, 0) is 9.59 Å². The van der Waals surface area contributed by atoms with Crippen LogP contribution in [0.25, 0.3) is 0 Å². The zero-order chi connectivity index (χ0) is 11.5. The van der Waals surface area contributed by atoms with E-state index in [1.165, 1.54) is 6.92 Å². The minimum absolute atomic E-state index is 0.0601. The summed E-state index contributed by atoms with van der Waals surface area (Å²) in [6, 6.07) is 9.44. The van der Waals surface area contributed by atoms with Gasteiger partial charge in [-0.15, -0.1) is 0 Å². The van der Waals surface area contributed by atoms with Crippen LogP contribution >= 0.6 is 0 Å². The summed E-state index contributed by atoms with van der Waals surface area (Å²) >= 11 is 0. The highest BCUT2D eigenvalue weighted by Crippen LogP contribution is 2.20. The smallest absolute Gasteiger partial charge is 0.229 e. The minimum atomic E-state index is -0.0901. The second-order valence-corrected chi connectivity index (χ2v) is 3.94. The molecular formula is C12H14N2O2. The molecule has 0 aliphatic carbocycles. The number of nitrogens with zero attached hydrogens (tertiary/aromatic N) is 1. The first-order chi connectivity index (χ1) is 7.66. The summed E-state index contributed by atoms with van der Waals surface area (Å²) in [7, 11) is 0. The van der Waals surface area contributed by atoms with Crippen molar-refractivity contribution in [1.29, 1.82) is 0 Å². The van der Waals surface area contributed by atoms with E-state index >= 15 is 0 Å². The van der Waals surface area contributed by atoms with Gasteiger partial charge in [-0.3, -0.25) is 9.59 Å². The van der Waals surface area contributed by atoms with Crippen LogP contribution in [0.2, 0.25) is 0 Å². The van der Waals surface area contributed by atoms with E-state index < -0.39 is 0 Å². The maximum absolute atomic E-state index is 11.7. The Morgan fingerprint density at radius 3 is 2.69 bits per heavy atom. The van der Waals surface area contributed by atoms with Crippen LogP contribution in [0, 0.1) is 0 Å². The maximum Gasteiger partial charge on any atom is 0.229 e. The van der Waals surface area contributed by atoms with E-state index in [1.54, 1.807) is 4.90 Å². The highest BCUT2D eigenvalue weighted by molar-refractivity contribution is 5.96. The lowest BCUT2D eigenvalue weighted by Crippen LogP contribution is -2.35. The fourth-order valence-electron chi connectivity index (χ4n) is 1.95. The van der Waals surface area contributed by atoms with Crippen molar-refractivity contribution < 1.29 is 9.59 Å². The average Bonchev–Trinajstić information content (AvgIpc) is 2.60. The Labute approximate surface area is 94.2 Å². The maximum atomic E-state index is 11.7. The summed E-state index contributed by atoms with van der Waals surface area (Å²) in [5.74, 6) is -0.0299. The van der Waals surface area contributed by atoms with Gasteiger partial charge >= 0.3 is 0 Å². The van der Waals surface area contributed by atoms with Crippen LogP contribution in [0.4, 0.5) is 5.69 Å². The van der Waals surface area contributed by atoms with Gasteiger partial charge in [0.25, 0.3) is 0 Å². The van der Waals surface area contributed by atoms with Crippen molar-refractivity contribution >= 4 is 17.5 Å². The Balaban J connectivity index is 2.08. The van der Waals surface area contributed by atoms with Crippen molar-refractivity contribution in [1.82, 2.24) is 5.32 Å². The van der Waals surface area contributed by atoms with Crippen LogP contribution < -0.4 is 10.2 Å². The molecule has 4 heteroatoms. The number of carbonyl (C=O) groups is 2. The van der Waals surface area contributed by atoms with Crippen molar-refractivity contribution in [3.8, 4) is 0 Å². The van der Waals surface area contributed by atoms with E-state index in [-0.39, 0.29) is 17.9 Å². The first kappa shape index (κ1) is 10.7. The number of hydrogen-bond acceptors (Lipinski definition) is 2. The van der Waals surface area contributed by atoms with Gasteiger partial charge in [-0.2, -0.15) is 0 Å². The van der Waals surface area contributed by atoms with Gasteiger partial charge in [0, 0.05) is 25.6 Å². The first-order valence-electron chi connectivity index (χ1n) is 5.29. The molecule has 1 heterocycles. The standard InChI is InChI=1S/C12H14N2O2/c1-9(15)13-10-7-12(16)14(8-10)11-5-3-2-4-6-11/h2-6,10H,7-8H2,1H3,(H,13,15)/t10-/m1/s1. The van der Waals surface area contributed by atoms with Gasteiger partial charge in [-0.25, -0.2) is 0 Å². The quantitative estimate of drug-likeness (QED) is 0.802. The molecule has 2 rings (SSSR count). The van der Waals surface area contributed by atoms with E-state index in [2.05, 4.69) is 5.32 Å². The highest BCUT2D eigenvalue weighted by atomic mass is 16.2. The number of anilines is 1. The van der Waals surface area contributed by atoms with E-state index in [0.717, 1.165) is 5.69 Å².